The Kier molecular flexibility index (Phi) is 31.1. The Morgan fingerprint density at radius 1 is 0.417 bits per heavy atom. The molecule has 0 spiro atoms. The zero-order valence-electron chi connectivity index (χ0n) is 58.9. The van der Waals surface area contributed by atoms with Crippen molar-refractivity contribution < 1.29 is 83.1 Å². The fraction of sp³-hybridized carbons (Fsp3) is 0.440. The molecule has 28 nitrogen and oxygen atoms in total. The van der Waals surface area contributed by atoms with E-state index in [1.807, 2.05) is 13.8 Å². The van der Waals surface area contributed by atoms with Crippen LogP contribution in [0.15, 0.2) is 140 Å². The van der Waals surface area contributed by atoms with Crippen LogP contribution in [0.5, 0.6) is 11.5 Å². The van der Waals surface area contributed by atoms with Crippen LogP contribution in [-0.4, -0.2) is 181 Å². The molecule has 12 atom stereocenters. The number of hydrogen-bond acceptors (Lipinski definition) is 16. The van der Waals surface area contributed by atoms with Crippen molar-refractivity contribution in [1.29, 1.82) is 0 Å². The maximum absolute atomic E-state index is 15.1. The number of phenolic OH excluding ortho intramolecular Hbond substituents is 2. The van der Waals surface area contributed by atoms with Gasteiger partial charge in [-0.15, -0.1) is 0 Å². The van der Waals surface area contributed by atoms with Gasteiger partial charge in [-0.25, -0.2) is 4.79 Å². The number of nitrogens with two attached hydrogens (primary N) is 1. The van der Waals surface area contributed by atoms with Crippen molar-refractivity contribution >= 4 is 71.0 Å². The van der Waals surface area contributed by atoms with Crippen LogP contribution >= 0.6 is 0 Å². The van der Waals surface area contributed by atoms with E-state index in [1.54, 1.807) is 105 Å². The van der Waals surface area contributed by atoms with Crippen LogP contribution in [0.1, 0.15) is 108 Å². The SMILES string of the molecule is CC(C)C[C@H](NC(=O)[C@H](Cc1ccccc1)NC(=O)[C@@H]1CCCN1C(=O)[C@H](Cc1ccc(O)cc1)NC(=O)[C@@H](NC(=O)[C@H](Cc1ccccc1)NC(=O)[C@@H](N)CC(C)C)[C@@H](C)O)C(=O)N[C@@H](Cc1ccc(O)cc1)C(=O)N[C@@H](Cc1ccccc1)C(=O)N[C@@H](CC(=O)O)C(=O)N[C@H](C(=O)O)C(C)C. The molecule has 0 aromatic heterocycles. The summed E-state index contributed by atoms with van der Waals surface area (Å²) in [7, 11) is 0. The fourth-order valence-electron chi connectivity index (χ4n) is 11.9. The first-order valence-electron chi connectivity index (χ1n) is 34.5. The Morgan fingerprint density at radius 2 is 0.767 bits per heavy atom. The number of hydrogen-bond donors (Lipinski definition) is 15. The molecule has 28 heteroatoms. The first kappa shape index (κ1) is 81.2. The first-order valence-corrected chi connectivity index (χ1v) is 34.5. The molecular weight excluding hydrogens is 1330 g/mol. The number of amides is 10. The number of aliphatic hydroxyl groups is 1. The van der Waals surface area contributed by atoms with Crippen LogP contribution in [0, 0.1) is 17.8 Å². The number of aromatic hydroxyl groups is 2. The lowest BCUT2D eigenvalue weighted by Crippen LogP contribution is -2.62. The topological polar surface area (TPSA) is 444 Å². The van der Waals surface area contributed by atoms with E-state index in [0.29, 0.717) is 34.2 Å². The summed E-state index contributed by atoms with van der Waals surface area (Å²) in [5.41, 5.74) is 8.79. The van der Waals surface area contributed by atoms with Crippen LogP contribution in [0.3, 0.4) is 0 Å². The monoisotopic (exact) mass is 1420 g/mol. The summed E-state index contributed by atoms with van der Waals surface area (Å²) in [4.78, 5) is 170. The number of carbonyl (C=O) groups excluding carboxylic acids is 10. The van der Waals surface area contributed by atoms with E-state index in [9.17, 15) is 73.5 Å². The number of nitrogens with one attached hydrogen (secondary N) is 9. The lowest BCUT2D eigenvalue weighted by Gasteiger charge is -2.32. The summed E-state index contributed by atoms with van der Waals surface area (Å²) in [6, 6.07) is 21.1. The van der Waals surface area contributed by atoms with Crippen molar-refractivity contribution in [2.45, 2.75) is 185 Å². The van der Waals surface area contributed by atoms with Gasteiger partial charge in [0, 0.05) is 38.6 Å². The van der Waals surface area contributed by atoms with Gasteiger partial charge in [0.25, 0.3) is 0 Å². The van der Waals surface area contributed by atoms with Gasteiger partial charge in [-0.1, -0.05) is 157 Å². The molecule has 0 unspecified atom stereocenters. The maximum atomic E-state index is 15.1. The molecule has 16 N–H and O–H groups in total. The molecule has 0 radical (unpaired) electrons. The number of carbonyl (C=O) groups is 12. The maximum Gasteiger partial charge on any atom is 0.326 e. The van der Waals surface area contributed by atoms with E-state index < -0.39 is 156 Å². The molecule has 5 aromatic rings. The van der Waals surface area contributed by atoms with Crippen LogP contribution in [0.2, 0.25) is 0 Å². The van der Waals surface area contributed by atoms with Crippen LogP contribution in [-0.2, 0) is 89.6 Å². The Hall–Kier alpha value is -10.7. The lowest BCUT2D eigenvalue weighted by atomic mass is 9.99. The molecule has 1 aliphatic heterocycles. The van der Waals surface area contributed by atoms with E-state index in [4.69, 9.17) is 5.73 Å². The third kappa shape index (κ3) is 26.0. The second-order valence-corrected chi connectivity index (χ2v) is 27.2. The minimum atomic E-state index is -1.83. The molecule has 1 fully saturated rings. The molecule has 1 saturated heterocycles. The van der Waals surface area contributed by atoms with E-state index in [2.05, 4.69) is 47.9 Å². The van der Waals surface area contributed by atoms with Gasteiger partial charge in [-0.2, -0.15) is 0 Å². The van der Waals surface area contributed by atoms with Crippen LogP contribution in [0.25, 0.3) is 0 Å². The molecule has 0 bridgehead atoms. The van der Waals surface area contributed by atoms with E-state index in [-0.39, 0.29) is 81.2 Å². The summed E-state index contributed by atoms with van der Waals surface area (Å²) >= 11 is 0. The Labute approximate surface area is 598 Å². The third-order valence-corrected chi connectivity index (χ3v) is 17.3. The van der Waals surface area contributed by atoms with Gasteiger partial charge in [0.1, 0.15) is 71.9 Å². The summed E-state index contributed by atoms with van der Waals surface area (Å²) in [6.45, 7) is 11.6. The average molecular weight is 1420 g/mol. The number of carboxylic acids is 2. The van der Waals surface area contributed by atoms with E-state index in [0.717, 1.165) is 0 Å². The third-order valence-electron chi connectivity index (χ3n) is 17.3. The number of likely N-dealkylation sites (tertiary alicyclic amines) is 1. The number of aliphatic carboxylic acids is 2. The number of benzene rings is 5. The number of aliphatic hydroxyl groups excluding tert-OH is 1. The predicted octanol–water partition coefficient (Wildman–Crippen LogP) is 1.98. The number of carboxylic acid groups (broad SMARTS) is 2. The fourth-order valence-corrected chi connectivity index (χ4v) is 11.9. The molecule has 1 aliphatic rings. The average Bonchev–Trinajstić information content (AvgIpc) is 1.76. The minimum absolute atomic E-state index is 0.00614. The van der Waals surface area contributed by atoms with Crippen molar-refractivity contribution in [3.8, 4) is 11.5 Å². The highest BCUT2D eigenvalue weighted by Gasteiger charge is 2.42. The van der Waals surface area contributed by atoms with Crippen molar-refractivity contribution in [2.24, 2.45) is 23.5 Å². The standard InChI is InChI=1S/C75H97N11O17/c1-42(2)34-53(76)65(92)77-58(38-48-22-15-10-16-23-48)70(97)85-64(45(7)87)73(100)83-60(40-50-27-31-52(89)32-28-50)74(101)86-33-17-24-61(86)72(99)82-57(37-47-20-13-9-14-21-47)69(96)78-54(35-43(3)4)66(93)79-56(39-49-25-29-51(88)30-26-49)67(94)80-55(36-46-18-11-8-12-19-46)68(95)81-59(41-62(90)91)71(98)84-63(44(5)6)75(102)103/h8-16,18-23,25-32,42-45,53-61,63-64,87-89H,17,24,33-41,76H2,1-7H3,(H,77,92)(H,78,96)(H,79,93)(H,80,94)(H,81,95)(H,82,99)(H,83,100)(H,84,98)(H,85,97)(H,90,91)(H,102,103)/t45-,53+,54+,55+,56+,57+,58+,59+,60+,61+,63+,64+/m1/s1. The molecule has 103 heavy (non-hydrogen) atoms. The van der Waals surface area contributed by atoms with E-state index >= 15 is 9.59 Å². The van der Waals surface area contributed by atoms with Crippen molar-refractivity contribution in [3.05, 3.63) is 167 Å². The summed E-state index contributed by atoms with van der Waals surface area (Å²) in [6.07, 6.45) is -2.84. The summed E-state index contributed by atoms with van der Waals surface area (Å²) < 4.78 is 0. The Balaban J connectivity index is 1.27. The number of phenols is 2. The van der Waals surface area contributed by atoms with Gasteiger partial charge in [-0.05, 0) is 102 Å². The van der Waals surface area contributed by atoms with Gasteiger partial charge < -0.3 is 84.0 Å². The van der Waals surface area contributed by atoms with Crippen molar-refractivity contribution in [2.75, 3.05) is 6.54 Å². The quantitative estimate of drug-likeness (QED) is 0.0269. The van der Waals surface area contributed by atoms with Gasteiger partial charge in [-0.3, -0.25) is 52.7 Å². The highest BCUT2D eigenvalue weighted by molar-refractivity contribution is 6.00. The van der Waals surface area contributed by atoms with Gasteiger partial charge in [0.05, 0.1) is 18.6 Å². The first-order chi connectivity index (χ1) is 48.8. The smallest absolute Gasteiger partial charge is 0.326 e. The van der Waals surface area contributed by atoms with Crippen LogP contribution < -0.4 is 53.6 Å². The Bertz CT molecular complexity index is 3700. The molecule has 6 rings (SSSR count). The van der Waals surface area contributed by atoms with Gasteiger partial charge in [0.2, 0.25) is 59.1 Å². The summed E-state index contributed by atoms with van der Waals surface area (Å²) in [5, 5.41) is 74.7. The van der Waals surface area contributed by atoms with Crippen molar-refractivity contribution in [3.63, 3.8) is 0 Å². The molecular formula is C75H97N11O17. The Morgan fingerprint density at radius 3 is 1.17 bits per heavy atom. The zero-order chi connectivity index (χ0) is 75.6. The van der Waals surface area contributed by atoms with Gasteiger partial charge >= 0.3 is 11.9 Å². The molecule has 0 saturated carbocycles. The van der Waals surface area contributed by atoms with Gasteiger partial charge in [0.15, 0.2) is 0 Å². The van der Waals surface area contributed by atoms with Crippen LogP contribution in [0.4, 0.5) is 0 Å². The minimum Gasteiger partial charge on any atom is -0.508 e. The molecule has 554 valence electrons. The van der Waals surface area contributed by atoms with E-state index in [1.165, 1.54) is 74.2 Å². The largest absolute Gasteiger partial charge is 0.508 e. The normalized spacial score (nSPS) is 16.0. The summed E-state index contributed by atoms with van der Waals surface area (Å²) in [5.74, 6) is -13.0. The number of nitrogens with zero attached hydrogens (tertiary/aromatic N) is 1. The highest BCUT2D eigenvalue weighted by atomic mass is 16.4. The molecule has 1 heterocycles. The van der Waals surface area contributed by atoms with Crippen molar-refractivity contribution in [1.82, 2.24) is 52.8 Å². The molecule has 0 aliphatic carbocycles. The molecule has 10 amide bonds. The number of rotatable bonds is 38. The zero-order valence-corrected chi connectivity index (χ0v) is 58.9. The highest BCUT2D eigenvalue weighted by Crippen LogP contribution is 2.23. The second kappa shape index (κ2) is 39.5. The molecule has 5 aromatic carbocycles. The second-order valence-electron chi connectivity index (χ2n) is 27.2. The lowest BCUT2D eigenvalue weighted by molar-refractivity contribution is -0.144. The predicted molar refractivity (Wildman–Crippen MR) is 379 cm³/mol.